The Bertz CT molecular complexity index is 316. The number of hydrogen-bond acceptors (Lipinski definition) is 4. The largest absolute Gasteiger partial charge is 0.480 e. The van der Waals surface area contributed by atoms with Crippen LogP contribution in [0.5, 0.6) is 0 Å². The van der Waals surface area contributed by atoms with Gasteiger partial charge in [-0.15, -0.1) is 0 Å². The molecule has 19 heavy (non-hydrogen) atoms. The second-order valence-corrected chi connectivity index (χ2v) is 4.94. The van der Waals surface area contributed by atoms with Crippen LogP contribution in [0.2, 0.25) is 0 Å². The van der Waals surface area contributed by atoms with Gasteiger partial charge in [0.15, 0.2) is 6.04 Å². The topological polar surface area (TPSA) is 82.1 Å². The maximum absolute atomic E-state index is 12.0. The van der Waals surface area contributed by atoms with Crippen molar-refractivity contribution in [2.45, 2.75) is 24.9 Å². The van der Waals surface area contributed by atoms with Crippen molar-refractivity contribution in [3.63, 3.8) is 0 Å². The fourth-order valence-electron chi connectivity index (χ4n) is 2.14. The van der Waals surface area contributed by atoms with Crippen LogP contribution in [0.15, 0.2) is 0 Å². The predicted molar refractivity (Wildman–Crippen MR) is 70.1 cm³/mol. The molecule has 1 aliphatic rings. The van der Waals surface area contributed by atoms with E-state index in [0.717, 1.165) is 25.9 Å². The van der Waals surface area contributed by atoms with E-state index in [1.54, 1.807) is 11.9 Å². The molecule has 0 saturated carbocycles. The predicted octanol–water partition coefficient (Wildman–Crippen LogP) is -0.178. The molecule has 7 heteroatoms. The van der Waals surface area contributed by atoms with Crippen molar-refractivity contribution in [2.24, 2.45) is 0 Å². The van der Waals surface area contributed by atoms with E-state index < -0.39 is 12.0 Å². The van der Waals surface area contributed by atoms with Gasteiger partial charge in [0.2, 0.25) is 0 Å². The number of nitrogens with zero attached hydrogens (tertiary/aromatic N) is 2. The Kier molecular flexibility index (Phi) is 6.04. The van der Waals surface area contributed by atoms with Crippen molar-refractivity contribution < 1.29 is 19.4 Å². The molecule has 0 aromatic rings. The lowest BCUT2D eigenvalue weighted by Crippen LogP contribution is -2.53. The number of piperidine rings is 1. The molecule has 0 aromatic carbocycles. The Morgan fingerprint density at radius 1 is 1.47 bits per heavy atom. The summed E-state index contributed by atoms with van der Waals surface area (Å²) in [6.45, 7) is 1.85. The highest BCUT2D eigenvalue weighted by molar-refractivity contribution is 5.82. The molecular weight excluding hydrogens is 250 g/mol. The average Bonchev–Trinajstić information content (AvgIpc) is 2.38. The first kappa shape index (κ1) is 15.7. The quantitative estimate of drug-likeness (QED) is 0.726. The van der Waals surface area contributed by atoms with Gasteiger partial charge in [-0.25, -0.2) is 9.59 Å². The number of hydrogen-bond donors (Lipinski definition) is 2. The number of urea groups is 1. The molecule has 2 amide bonds. The maximum Gasteiger partial charge on any atom is 0.328 e. The average molecular weight is 273 g/mol. The Labute approximate surface area is 113 Å². The molecule has 1 aliphatic heterocycles. The summed E-state index contributed by atoms with van der Waals surface area (Å²) in [5.74, 6) is -1.09. The van der Waals surface area contributed by atoms with Crippen LogP contribution in [0.1, 0.15) is 12.8 Å². The molecule has 1 unspecified atom stereocenters. The van der Waals surface area contributed by atoms with Crippen molar-refractivity contribution in [3.05, 3.63) is 0 Å². The molecular formula is C12H23N3O4. The Morgan fingerprint density at radius 3 is 2.53 bits per heavy atom. The third-order valence-corrected chi connectivity index (χ3v) is 3.49. The first-order valence-corrected chi connectivity index (χ1v) is 6.39. The van der Waals surface area contributed by atoms with Gasteiger partial charge in [-0.1, -0.05) is 0 Å². The molecule has 1 heterocycles. The summed E-state index contributed by atoms with van der Waals surface area (Å²) >= 11 is 0. The highest BCUT2D eigenvalue weighted by Gasteiger charge is 2.27. The fourth-order valence-corrected chi connectivity index (χ4v) is 2.14. The molecule has 1 fully saturated rings. The minimum atomic E-state index is -1.09. The van der Waals surface area contributed by atoms with Gasteiger partial charge in [0, 0.05) is 20.2 Å². The number of methoxy groups -OCH3 is 1. The van der Waals surface area contributed by atoms with Crippen molar-refractivity contribution in [2.75, 3.05) is 40.9 Å². The van der Waals surface area contributed by atoms with Crippen LogP contribution >= 0.6 is 0 Å². The number of ether oxygens (including phenoxy) is 1. The van der Waals surface area contributed by atoms with Crippen LogP contribution in [-0.2, 0) is 9.53 Å². The number of carbonyl (C=O) groups excluding carboxylic acids is 1. The van der Waals surface area contributed by atoms with E-state index in [0.29, 0.717) is 0 Å². The van der Waals surface area contributed by atoms with Gasteiger partial charge < -0.3 is 25.0 Å². The van der Waals surface area contributed by atoms with Crippen molar-refractivity contribution >= 4 is 12.0 Å². The van der Waals surface area contributed by atoms with Crippen LogP contribution in [0.3, 0.4) is 0 Å². The summed E-state index contributed by atoms with van der Waals surface area (Å²) in [4.78, 5) is 26.8. The van der Waals surface area contributed by atoms with Gasteiger partial charge >= 0.3 is 12.0 Å². The summed E-state index contributed by atoms with van der Waals surface area (Å²) in [5.41, 5.74) is 0. The number of rotatable bonds is 5. The fraction of sp³-hybridized carbons (Fsp3) is 0.833. The Morgan fingerprint density at radius 2 is 2.05 bits per heavy atom. The lowest BCUT2D eigenvalue weighted by molar-refractivity contribution is -0.140. The van der Waals surface area contributed by atoms with E-state index in [9.17, 15) is 9.59 Å². The van der Waals surface area contributed by atoms with E-state index in [2.05, 4.69) is 17.3 Å². The normalized spacial score (nSPS) is 18.9. The number of carbonyl (C=O) groups is 2. The molecule has 2 N–H and O–H groups in total. The summed E-state index contributed by atoms with van der Waals surface area (Å²) in [7, 11) is 5.16. The van der Waals surface area contributed by atoms with Crippen LogP contribution in [-0.4, -0.2) is 79.9 Å². The highest BCUT2D eigenvalue weighted by Crippen LogP contribution is 2.14. The first-order chi connectivity index (χ1) is 8.95. The van der Waals surface area contributed by atoms with E-state index in [4.69, 9.17) is 9.84 Å². The number of amides is 2. The first-order valence-electron chi connectivity index (χ1n) is 6.39. The van der Waals surface area contributed by atoms with Crippen LogP contribution in [0, 0.1) is 0 Å². The highest BCUT2D eigenvalue weighted by atomic mass is 16.5. The molecule has 0 aromatic heterocycles. The number of likely N-dealkylation sites (tertiary alicyclic amines) is 1. The van der Waals surface area contributed by atoms with Gasteiger partial charge in [0.1, 0.15) is 0 Å². The standard InChI is InChI=1S/C12H23N3O4/c1-14-6-4-9(5-7-14)15(2)12(18)13-10(8-19-3)11(16)17/h9-10H,4-8H2,1-3H3,(H,13,18)(H,16,17). The Balaban J connectivity index is 2.49. The summed E-state index contributed by atoms with van der Waals surface area (Å²) in [5, 5.41) is 11.4. The molecule has 0 radical (unpaired) electrons. The van der Waals surface area contributed by atoms with Crippen LogP contribution in [0.4, 0.5) is 4.79 Å². The van der Waals surface area contributed by atoms with Gasteiger partial charge in [-0.3, -0.25) is 0 Å². The van der Waals surface area contributed by atoms with Gasteiger partial charge in [0.05, 0.1) is 6.61 Å². The third kappa shape index (κ3) is 4.68. The van der Waals surface area contributed by atoms with E-state index >= 15 is 0 Å². The summed E-state index contributed by atoms with van der Waals surface area (Å²) in [6, 6.07) is -1.21. The minimum Gasteiger partial charge on any atom is -0.480 e. The third-order valence-electron chi connectivity index (χ3n) is 3.49. The molecule has 0 aliphatic carbocycles. The second kappa shape index (κ2) is 7.30. The minimum absolute atomic E-state index is 0.0394. The summed E-state index contributed by atoms with van der Waals surface area (Å²) < 4.78 is 4.78. The SMILES string of the molecule is COCC(NC(=O)N(C)C1CCN(C)CC1)C(=O)O. The lowest BCUT2D eigenvalue weighted by atomic mass is 10.0. The Hall–Kier alpha value is -1.34. The lowest BCUT2D eigenvalue weighted by Gasteiger charge is -2.35. The smallest absolute Gasteiger partial charge is 0.328 e. The van der Waals surface area contributed by atoms with Crippen LogP contribution in [0.25, 0.3) is 0 Å². The summed E-state index contributed by atoms with van der Waals surface area (Å²) in [6.07, 6.45) is 1.81. The molecule has 0 bridgehead atoms. The molecule has 1 atom stereocenters. The number of nitrogens with one attached hydrogen (secondary N) is 1. The van der Waals surface area contributed by atoms with E-state index in [1.165, 1.54) is 7.11 Å². The molecule has 0 spiro atoms. The molecule has 1 saturated heterocycles. The van der Waals surface area contributed by atoms with Crippen molar-refractivity contribution in [1.82, 2.24) is 15.1 Å². The van der Waals surface area contributed by atoms with E-state index in [1.807, 2.05) is 0 Å². The van der Waals surface area contributed by atoms with E-state index in [-0.39, 0.29) is 18.7 Å². The van der Waals surface area contributed by atoms with Crippen LogP contribution < -0.4 is 5.32 Å². The second-order valence-electron chi connectivity index (χ2n) is 4.94. The number of aliphatic carboxylic acids is 1. The molecule has 1 rings (SSSR count). The maximum atomic E-state index is 12.0. The van der Waals surface area contributed by atoms with Crippen molar-refractivity contribution in [1.29, 1.82) is 0 Å². The van der Waals surface area contributed by atoms with Gasteiger partial charge in [-0.05, 0) is 33.0 Å². The van der Waals surface area contributed by atoms with Gasteiger partial charge in [0.25, 0.3) is 0 Å². The zero-order valence-electron chi connectivity index (χ0n) is 11.8. The van der Waals surface area contributed by atoms with Gasteiger partial charge in [-0.2, -0.15) is 0 Å². The van der Waals surface area contributed by atoms with Crippen molar-refractivity contribution in [3.8, 4) is 0 Å². The number of carboxylic acid groups (broad SMARTS) is 1. The number of carboxylic acids is 1. The molecule has 110 valence electrons. The zero-order chi connectivity index (χ0) is 14.4. The zero-order valence-corrected chi connectivity index (χ0v) is 11.8. The molecule has 7 nitrogen and oxygen atoms in total. The monoisotopic (exact) mass is 273 g/mol.